The molecule has 0 bridgehead atoms. The minimum absolute atomic E-state index is 0.0369. The average Bonchev–Trinajstić information content (AvgIpc) is 2.45. The summed E-state index contributed by atoms with van der Waals surface area (Å²) in [7, 11) is -3.92. The lowest BCUT2D eigenvalue weighted by molar-refractivity contribution is -0.946. The van der Waals surface area contributed by atoms with E-state index in [1.54, 1.807) is 0 Å². The minimum Gasteiger partial charge on any atom is -0.350 e. The zero-order valence-electron chi connectivity index (χ0n) is 14.2. The van der Waals surface area contributed by atoms with Crippen LogP contribution in [0.5, 0.6) is 0 Å². The number of carbonyl (C=O) groups is 1. The van der Waals surface area contributed by atoms with Gasteiger partial charge in [-0.1, -0.05) is 6.58 Å². The van der Waals surface area contributed by atoms with E-state index in [-0.39, 0.29) is 23.7 Å². The molecular weight excluding hydrogens is 304 g/mol. The molecule has 0 heterocycles. The molecule has 2 N–H and O–H groups in total. The lowest BCUT2D eigenvalue weighted by atomic mass is 10.1. The molecular formula is C15H31N2O4S+. The van der Waals surface area contributed by atoms with E-state index in [2.05, 4.69) is 25.7 Å². The third-order valence-electron chi connectivity index (χ3n) is 4.57. The van der Waals surface area contributed by atoms with Crippen LogP contribution in [-0.2, 0) is 14.9 Å². The second-order valence-corrected chi connectivity index (χ2v) is 7.47. The summed E-state index contributed by atoms with van der Waals surface area (Å²) >= 11 is 0. The number of carbonyl (C=O) groups excluding carboxylic acids is 1. The Hall–Kier alpha value is -0.920. The van der Waals surface area contributed by atoms with Crippen molar-refractivity contribution in [3.8, 4) is 0 Å². The quantitative estimate of drug-likeness (QED) is 0.341. The van der Waals surface area contributed by atoms with Crippen LogP contribution in [0.3, 0.4) is 0 Å². The van der Waals surface area contributed by atoms with E-state index >= 15 is 0 Å². The van der Waals surface area contributed by atoms with Crippen molar-refractivity contribution in [1.82, 2.24) is 5.32 Å². The van der Waals surface area contributed by atoms with Gasteiger partial charge in [0.05, 0.1) is 31.4 Å². The summed E-state index contributed by atoms with van der Waals surface area (Å²) in [5, 5.41) is 2.84. The Morgan fingerprint density at radius 2 is 1.82 bits per heavy atom. The third-order valence-corrected chi connectivity index (χ3v) is 5.32. The molecule has 0 fully saturated rings. The van der Waals surface area contributed by atoms with Crippen LogP contribution in [0.4, 0.5) is 0 Å². The van der Waals surface area contributed by atoms with E-state index < -0.39 is 10.1 Å². The van der Waals surface area contributed by atoms with Gasteiger partial charge in [-0.15, -0.1) is 0 Å². The molecule has 7 heteroatoms. The molecule has 0 radical (unpaired) electrons. The van der Waals surface area contributed by atoms with Gasteiger partial charge in [0, 0.05) is 18.9 Å². The Morgan fingerprint density at radius 1 is 1.27 bits per heavy atom. The summed E-state index contributed by atoms with van der Waals surface area (Å²) in [6.07, 6.45) is 2.48. The predicted octanol–water partition coefficient (Wildman–Crippen LogP) is 1.59. The van der Waals surface area contributed by atoms with Crippen molar-refractivity contribution in [2.24, 2.45) is 0 Å². The topological polar surface area (TPSA) is 83.5 Å². The van der Waals surface area contributed by atoms with E-state index in [0.717, 1.165) is 30.5 Å². The Morgan fingerprint density at radius 3 is 2.23 bits per heavy atom. The fourth-order valence-corrected chi connectivity index (χ4v) is 3.44. The highest BCUT2D eigenvalue weighted by atomic mass is 32.2. The van der Waals surface area contributed by atoms with Crippen LogP contribution in [0.15, 0.2) is 12.7 Å². The SMILES string of the molecule is C=CC(=O)NC(C)CC[N+](CC)(CC)C(C)CCS(=O)(=O)O. The normalized spacial score (nSPS) is 15.1. The van der Waals surface area contributed by atoms with E-state index in [1.807, 2.05) is 13.8 Å². The zero-order valence-corrected chi connectivity index (χ0v) is 15.0. The van der Waals surface area contributed by atoms with E-state index in [0.29, 0.717) is 6.42 Å². The molecule has 1 amide bonds. The third kappa shape index (κ3) is 7.38. The molecule has 0 spiro atoms. The van der Waals surface area contributed by atoms with Crippen LogP contribution in [0.2, 0.25) is 0 Å². The molecule has 0 aromatic rings. The molecule has 0 aromatic carbocycles. The lowest BCUT2D eigenvalue weighted by Gasteiger charge is -2.43. The Labute approximate surface area is 134 Å². The standard InChI is InChI=1S/C15H30N2O4S/c1-6-15(18)16-13(4)9-11-17(7-2,8-3)14(5)10-12-22(19,20)21/h6,13-14H,1,7-12H2,2-5H3,(H-,16,18,19,20,21)/p+1. The molecule has 130 valence electrons. The molecule has 2 unspecified atom stereocenters. The maximum absolute atomic E-state index is 11.3. The van der Waals surface area contributed by atoms with Gasteiger partial charge in [0.15, 0.2) is 0 Å². The molecule has 6 nitrogen and oxygen atoms in total. The first-order valence-electron chi connectivity index (χ1n) is 7.84. The summed E-state index contributed by atoms with van der Waals surface area (Å²) < 4.78 is 31.6. The second kappa shape index (κ2) is 9.27. The molecule has 0 aliphatic carbocycles. The number of nitrogens with zero attached hydrogens (tertiary/aromatic N) is 1. The van der Waals surface area contributed by atoms with Crippen molar-refractivity contribution >= 4 is 16.0 Å². The number of amides is 1. The summed E-state index contributed by atoms with van der Waals surface area (Å²) in [6, 6.07) is 0.161. The zero-order chi connectivity index (χ0) is 17.4. The number of nitrogens with one attached hydrogen (secondary N) is 1. The summed E-state index contributed by atoms with van der Waals surface area (Å²) in [4.78, 5) is 11.3. The molecule has 0 saturated carbocycles. The van der Waals surface area contributed by atoms with Crippen molar-refractivity contribution in [3.05, 3.63) is 12.7 Å². The van der Waals surface area contributed by atoms with Gasteiger partial charge < -0.3 is 9.80 Å². The highest BCUT2D eigenvalue weighted by Gasteiger charge is 2.31. The van der Waals surface area contributed by atoms with Crippen LogP contribution in [-0.4, -0.2) is 60.8 Å². The molecule has 0 aromatic heterocycles. The maximum atomic E-state index is 11.3. The van der Waals surface area contributed by atoms with Crippen molar-refractivity contribution in [2.45, 2.75) is 52.6 Å². The van der Waals surface area contributed by atoms with Crippen LogP contribution in [0, 0.1) is 0 Å². The van der Waals surface area contributed by atoms with Crippen LogP contribution >= 0.6 is 0 Å². The average molecular weight is 335 g/mol. The first kappa shape index (κ1) is 21.1. The van der Waals surface area contributed by atoms with Gasteiger partial charge in [0.25, 0.3) is 10.1 Å². The van der Waals surface area contributed by atoms with Crippen molar-refractivity contribution in [3.63, 3.8) is 0 Å². The van der Waals surface area contributed by atoms with Crippen molar-refractivity contribution in [1.29, 1.82) is 0 Å². The van der Waals surface area contributed by atoms with Gasteiger partial charge in [0.2, 0.25) is 5.91 Å². The van der Waals surface area contributed by atoms with E-state index in [1.165, 1.54) is 6.08 Å². The number of rotatable bonds is 11. The van der Waals surface area contributed by atoms with Gasteiger partial charge in [-0.05, 0) is 33.8 Å². The highest BCUT2D eigenvalue weighted by molar-refractivity contribution is 7.85. The van der Waals surface area contributed by atoms with Gasteiger partial charge >= 0.3 is 0 Å². The Bertz CT molecular complexity index is 458. The molecule has 0 aliphatic heterocycles. The Balaban J connectivity index is 4.72. The second-order valence-electron chi connectivity index (χ2n) is 5.90. The van der Waals surface area contributed by atoms with Gasteiger partial charge in [-0.3, -0.25) is 9.35 Å². The molecule has 0 saturated heterocycles. The first-order chi connectivity index (χ1) is 10.1. The minimum atomic E-state index is -3.92. The van der Waals surface area contributed by atoms with E-state index in [9.17, 15) is 13.2 Å². The highest BCUT2D eigenvalue weighted by Crippen LogP contribution is 2.19. The van der Waals surface area contributed by atoms with Crippen LogP contribution in [0.1, 0.15) is 40.5 Å². The predicted molar refractivity (Wildman–Crippen MR) is 89.1 cm³/mol. The summed E-state index contributed by atoms with van der Waals surface area (Å²) in [5.74, 6) is -0.394. The molecule has 22 heavy (non-hydrogen) atoms. The lowest BCUT2D eigenvalue weighted by Crippen LogP contribution is -2.56. The number of quaternary nitrogens is 1. The fourth-order valence-electron chi connectivity index (χ4n) is 2.80. The number of hydrogen-bond acceptors (Lipinski definition) is 3. The molecule has 2 atom stereocenters. The summed E-state index contributed by atoms with van der Waals surface area (Å²) in [5.41, 5.74) is 0. The fraction of sp³-hybridized carbons (Fsp3) is 0.800. The summed E-state index contributed by atoms with van der Waals surface area (Å²) in [6.45, 7) is 14.2. The Kier molecular flexibility index (Phi) is 8.88. The maximum Gasteiger partial charge on any atom is 0.265 e. The smallest absolute Gasteiger partial charge is 0.265 e. The van der Waals surface area contributed by atoms with Gasteiger partial charge in [-0.2, -0.15) is 8.42 Å². The number of hydrogen-bond donors (Lipinski definition) is 2. The van der Waals surface area contributed by atoms with Crippen LogP contribution in [0.25, 0.3) is 0 Å². The van der Waals surface area contributed by atoms with Crippen molar-refractivity contribution < 1.29 is 22.2 Å². The van der Waals surface area contributed by atoms with Crippen LogP contribution < -0.4 is 5.32 Å². The van der Waals surface area contributed by atoms with Crippen molar-refractivity contribution in [2.75, 3.05) is 25.4 Å². The monoisotopic (exact) mass is 335 g/mol. The van der Waals surface area contributed by atoms with Gasteiger partial charge in [-0.25, -0.2) is 0 Å². The largest absolute Gasteiger partial charge is 0.350 e. The van der Waals surface area contributed by atoms with Gasteiger partial charge in [0.1, 0.15) is 0 Å². The molecule has 0 aliphatic rings. The van der Waals surface area contributed by atoms with E-state index in [4.69, 9.17) is 4.55 Å². The molecule has 0 rings (SSSR count). The first-order valence-corrected chi connectivity index (χ1v) is 9.45.